The number of methoxy groups -OCH3 is 1. The molecule has 3 aliphatic rings. The third-order valence-corrected chi connectivity index (χ3v) is 8.28. The molecule has 218 valence electrons. The molecule has 2 amide bonds. The number of carbonyl (C=O) groups excluding carboxylic acids is 3. The van der Waals surface area contributed by atoms with Crippen molar-refractivity contribution < 1.29 is 38.8 Å². The molecule has 10 nitrogen and oxygen atoms in total. The van der Waals surface area contributed by atoms with Gasteiger partial charge in [0.05, 0.1) is 38.2 Å². The van der Waals surface area contributed by atoms with Gasteiger partial charge >= 0.3 is 0 Å². The summed E-state index contributed by atoms with van der Waals surface area (Å²) in [5, 5.41) is 24.6. The number of aliphatic hydroxyl groups is 2. The molecule has 5 atom stereocenters. The Labute approximate surface area is 246 Å². The van der Waals surface area contributed by atoms with Crippen molar-refractivity contribution >= 4 is 41.3 Å². The number of amides is 2. The lowest BCUT2D eigenvalue weighted by Crippen LogP contribution is -2.56. The van der Waals surface area contributed by atoms with E-state index in [4.69, 9.17) is 37.4 Å². The number of aldehydes is 1. The summed E-state index contributed by atoms with van der Waals surface area (Å²) in [7, 11) is 1.43. The van der Waals surface area contributed by atoms with Crippen LogP contribution >= 0.6 is 23.2 Å². The Morgan fingerprint density at radius 1 is 1.24 bits per heavy atom. The molecular weight excluding hydrogens is 575 g/mol. The summed E-state index contributed by atoms with van der Waals surface area (Å²) in [4.78, 5) is 40.6. The number of halogens is 2. The Bertz CT molecular complexity index is 1380. The van der Waals surface area contributed by atoms with Crippen LogP contribution in [0.15, 0.2) is 42.0 Å². The molecule has 5 rings (SSSR count). The molecule has 3 N–H and O–H groups in total. The second kappa shape index (κ2) is 12.4. The van der Waals surface area contributed by atoms with Crippen molar-refractivity contribution in [2.45, 2.75) is 37.1 Å². The maximum atomic E-state index is 13.9. The summed E-state index contributed by atoms with van der Waals surface area (Å²) in [6.07, 6.45) is 0.479. The maximum Gasteiger partial charge on any atom is 0.247 e. The van der Waals surface area contributed by atoms with E-state index in [0.29, 0.717) is 51.8 Å². The van der Waals surface area contributed by atoms with Crippen LogP contribution in [0.3, 0.4) is 0 Å². The molecule has 2 aliphatic heterocycles. The van der Waals surface area contributed by atoms with Crippen molar-refractivity contribution in [3.05, 3.63) is 68.7 Å². The van der Waals surface area contributed by atoms with Crippen molar-refractivity contribution in [1.29, 1.82) is 0 Å². The number of fused-ring (bicyclic) bond motifs is 3. The topological polar surface area (TPSA) is 135 Å². The van der Waals surface area contributed by atoms with Crippen LogP contribution in [0, 0.1) is 5.92 Å². The zero-order valence-electron chi connectivity index (χ0n) is 22.2. The van der Waals surface area contributed by atoms with E-state index in [-0.39, 0.29) is 43.5 Å². The highest BCUT2D eigenvalue weighted by molar-refractivity contribution is 6.35. The van der Waals surface area contributed by atoms with Crippen molar-refractivity contribution in [1.82, 2.24) is 10.2 Å². The number of nitrogens with zero attached hydrogens (tertiary/aromatic N) is 1. The number of hydrogen-bond donors (Lipinski definition) is 3. The minimum absolute atomic E-state index is 0.00532. The van der Waals surface area contributed by atoms with Crippen LogP contribution in [0.5, 0.6) is 11.5 Å². The molecule has 0 saturated carbocycles. The second-order valence-corrected chi connectivity index (χ2v) is 11.0. The second-order valence-electron chi connectivity index (χ2n) is 10.2. The van der Waals surface area contributed by atoms with Crippen molar-refractivity contribution in [3.8, 4) is 11.5 Å². The Morgan fingerprint density at radius 2 is 2.05 bits per heavy atom. The van der Waals surface area contributed by atoms with Gasteiger partial charge in [0.2, 0.25) is 11.8 Å². The van der Waals surface area contributed by atoms with Crippen LogP contribution in [0.1, 0.15) is 33.8 Å². The van der Waals surface area contributed by atoms with Crippen molar-refractivity contribution in [2.24, 2.45) is 5.92 Å². The first-order valence-corrected chi connectivity index (χ1v) is 14.0. The largest absolute Gasteiger partial charge is 0.493 e. The van der Waals surface area contributed by atoms with Crippen LogP contribution in [0.4, 0.5) is 0 Å². The van der Waals surface area contributed by atoms with Gasteiger partial charge in [0.1, 0.15) is 18.5 Å². The van der Waals surface area contributed by atoms with Gasteiger partial charge < -0.3 is 34.6 Å². The summed E-state index contributed by atoms with van der Waals surface area (Å²) in [6.45, 7) is 0.412. The SMILES string of the molecule is COc1cc(C=O)cc2c1O[C@@H]1[C@@H](O)[C@H](N(Cc3ccc(Cl)cc3Cl)C(=O)C3CCOC3)C=C(C(=O)NCCO)[C@H]21. The number of rotatable bonds is 9. The van der Waals surface area contributed by atoms with Gasteiger partial charge in [-0.1, -0.05) is 29.3 Å². The van der Waals surface area contributed by atoms with Gasteiger partial charge in [-0.25, -0.2) is 0 Å². The molecule has 1 unspecified atom stereocenters. The molecule has 2 heterocycles. The predicted molar refractivity (Wildman–Crippen MR) is 149 cm³/mol. The average Bonchev–Trinajstić information content (AvgIpc) is 3.64. The molecular formula is C29H30Cl2N2O8. The van der Waals surface area contributed by atoms with Crippen LogP contribution in [0.2, 0.25) is 10.0 Å². The Balaban J connectivity index is 1.61. The van der Waals surface area contributed by atoms with E-state index < -0.39 is 36.0 Å². The lowest BCUT2D eigenvalue weighted by Gasteiger charge is -2.41. The normalized spacial score (nSPS) is 24.5. The first-order valence-electron chi connectivity index (χ1n) is 13.2. The fraction of sp³-hybridized carbons (Fsp3) is 0.414. The van der Waals surface area contributed by atoms with E-state index in [1.54, 1.807) is 30.3 Å². The molecule has 1 saturated heterocycles. The monoisotopic (exact) mass is 604 g/mol. The van der Waals surface area contributed by atoms with Gasteiger partial charge in [0.25, 0.3) is 0 Å². The Hall–Kier alpha value is -3.15. The van der Waals surface area contributed by atoms with Crippen LogP contribution < -0.4 is 14.8 Å². The molecule has 1 aliphatic carbocycles. The number of nitrogens with one attached hydrogen (secondary N) is 1. The zero-order chi connectivity index (χ0) is 29.3. The molecule has 41 heavy (non-hydrogen) atoms. The molecule has 2 aromatic carbocycles. The van der Waals surface area contributed by atoms with Gasteiger partial charge in [-0.3, -0.25) is 14.4 Å². The summed E-state index contributed by atoms with van der Waals surface area (Å²) in [6, 6.07) is 7.07. The standard InChI is InChI=1S/C29H30Cl2N2O8/c1-39-23-9-15(13-35)8-19-24-20(28(37)32-5-6-34)11-22(25(36)27(24)41-26(19)23)33(29(38)17-4-7-40-14-17)12-16-2-3-18(30)10-21(16)31/h2-3,8-11,13,17,22,24-25,27,34,36H,4-7,12,14H2,1H3,(H,32,37)/t17?,22-,24+,25+,27+/m1/s1. The third kappa shape index (κ3) is 5.67. The first kappa shape index (κ1) is 29.3. The number of benzene rings is 2. The van der Waals surface area contributed by atoms with E-state index in [1.807, 2.05) is 0 Å². The number of hydrogen-bond acceptors (Lipinski definition) is 8. The summed E-state index contributed by atoms with van der Waals surface area (Å²) < 4.78 is 17.2. The molecule has 0 bridgehead atoms. The van der Waals surface area contributed by atoms with Gasteiger partial charge in [-0.2, -0.15) is 0 Å². The van der Waals surface area contributed by atoms with Gasteiger partial charge in [0, 0.05) is 46.4 Å². The molecule has 0 aromatic heterocycles. The fourth-order valence-electron chi connectivity index (χ4n) is 5.69. The van der Waals surface area contributed by atoms with Gasteiger partial charge in [-0.15, -0.1) is 0 Å². The zero-order valence-corrected chi connectivity index (χ0v) is 23.7. The summed E-state index contributed by atoms with van der Waals surface area (Å²) >= 11 is 12.6. The van der Waals surface area contributed by atoms with Crippen LogP contribution in [-0.4, -0.2) is 84.9 Å². The third-order valence-electron chi connectivity index (χ3n) is 7.69. The predicted octanol–water partition coefficient (Wildman–Crippen LogP) is 2.50. The molecule has 0 spiro atoms. The Morgan fingerprint density at radius 3 is 2.71 bits per heavy atom. The summed E-state index contributed by atoms with van der Waals surface area (Å²) in [5.41, 5.74) is 1.64. The molecule has 2 aromatic rings. The van der Waals surface area contributed by atoms with Crippen LogP contribution in [-0.2, 0) is 20.9 Å². The van der Waals surface area contributed by atoms with Crippen LogP contribution in [0.25, 0.3) is 0 Å². The molecule has 0 radical (unpaired) electrons. The van der Waals surface area contributed by atoms with E-state index >= 15 is 0 Å². The summed E-state index contributed by atoms with van der Waals surface area (Å²) in [5.74, 6) is -1.39. The highest BCUT2D eigenvalue weighted by Crippen LogP contribution is 2.51. The molecule has 1 fully saturated rings. The number of carbonyl (C=O) groups is 3. The highest BCUT2D eigenvalue weighted by atomic mass is 35.5. The van der Waals surface area contributed by atoms with E-state index in [1.165, 1.54) is 18.1 Å². The van der Waals surface area contributed by atoms with Gasteiger partial charge in [-0.05, 0) is 42.3 Å². The lowest BCUT2D eigenvalue weighted by molar-refractivity contribution is -0.142. The maximum absolute atomic E-state index is 13.9. The van der Waals surface area contributed by atoms with Crippen molar-refractivity contribution in [2.75, 3.05) is 33.5 Å². The number of ether oxygens (including phenoxy) is 3. The van der Waals surface area contributed by atoms with E-state index in [9.17, 15) is 24.6 Å². The fourth-order valence-corrected chi connectivity index (χ4v) is 6.15. The highest BCUT2D eigenvalue weighted by Gasteiger charge is 2.52. The van der Waals surface area contributed by atoms with Gasteiger partial charge in [0.15, 0.2) is 11.5 Å². The first-order chi connectivity index (χ1) is 19.8. The van der Waals surface area contributed by atoms with Crippen molar-refractivity contribution in [3.63, 3.8) is 0 Å². The quantitative estimate of drug-likeness (QED) is 0.372. The minimum Gasteiger partial charge on any atom is -0.493 e. The number of aliphatic hydroxyl groups excluding tert-OH is 2. The minimum atomic E-state index is -1.27. The van der Waals surface area contributed by atoms with E-state index in [0.717, 1.165) is 0 Å². The van der Waals surface area contributed by atoms with E-state index in [2.05, 4.69) is 5.32 Å². The Kier molecular flexibility index (Phi) is 8.86. The average molecular weight is 605 g/mol. The molecule has 12 heteroatoms. The lowest BCUT2D eigenvalue weighted by atomic mass is 9.77. The smallest absolute Gasteiger partial charge is 0.247 e.